The van der Waals surface area contributed by atoms with Gasteiger partial charge in [-0.05, 0) is 26.9 Å². The second-order valence-electron chi connectivity index (χ2n) is 4.78. The Bertz CT molecular complexity index is 491. The normalized spacial score (nSPS) is 14.9. The number of nitrogens with zero attached hydrogens (tertiary/aromatic N) is 3. The van der Waals surface area contributed by atoms with Crippen molar-refractivity contribution in [2.24, 2.45) is 0 Å². The van der Waals surface area contributed by atoms with Gasteiger partial charge in [0.25, 0.3) is 0 Å². The van der Waals surface area contributed by atoms with Crippen molar-refractivity contribution in [1.82, 2.24) is 14.7 Å². The lowest BCUT2D eigenvalue weighted by Gasteiger charge is -2.14. The summed E-state index contributed by atoms with van der Waals surface area (Å²) < 4.78 is 1.56. The van der Waals surface area contributed by atoms with Crippen LogP contribution in [0, 0.1) is 0 Å². The number of carbonyl (C=O) groups is 2. The fourth-order valence-electron chi connectivity index (χ4n) is 2.22. The van der Waals surface area contributed by atoms with E-state index in [4.69, 9.17) is 5.11 Å². The topological polar surface area (TPSA) is 75.4 Å². The van der Waals surface area contributed by atoms with E-state index in [9.17, 15) is 9.59 Å². The smallest absolute Gasteiger partial charge is 0.356 e. The van der Waals surface area contributed by atoms with Gasteiger partial charge >= 0.3 is 5.97 Å². The molecule has 0 spiro atoms. The molecule has 0 saturated heterocycles. The van der Waals surface area contributed by atoms with Gasteiger partial charge in [0.2, 0.25) is 0 Å². The van der Waals surface area contributed by atoms with Gasteiger partial charge < -0.3 is 10.0 Å². The number of hydrogen-bond donors (Lipinski definition) is 1. The highest BCUT2D eigenvalue weighted by atomic mass is 16.4. The fraction of sp³-hybridized carbons (Fsp3) is 0.583. The molecule has 0 aromatic carbocycles. The number of carbonyl (C=O) groups excluding carboxylic acids is 1. The average Bonchev–Trinajstić information content (AvgIpc) is 2.67. The van der Waals surface area contributed by atoms with Crippen molar-refractivity contribution >= 4 is 11.8 Å². The molecule has 0 unspecified atom stereocenters. The van der Waals surface area contributed by atoms with E-state index in [2.05, 4.69) is 5.10 Å². The van der Waals surface area contributed by atoms with Crippen molar-refractivity contribution in [3.8, 4) is 0 Å². The molecule has 98 valence electrons. The largest absolute Gasteiger partial charge is 0.476 e. The molecule has 0 fully saturated rings. The van der Waals surface area contributed by atoms with E-state index in [1.165, 1.54) is 0 Å². The van der Waals surface area contributed by atoms with Crippen molar-refractivity contribution in [3.05, 3.63) is 17.0 Å². The van der Waals surface area contributed by atoms with Crippen molar-refractivity contribution in [3.63, 3.8) is 0 Å². The summed E-state index contributed by atoms with van der Waals surface area (Å²) >= 11 is 0. The van der Waals surface area contributed by atoms with Gasteiger partial charge in [0.1, 0.15) is 5.69 Å². The number of carboxylic acids is 1. The highest BCUT2D eigenvalue weighted by molar-refractivity contribution is 6.00. The minimum absolute atomic E-state index is 0.00926. The highest BCUT2D eigenvalue weighted by Crippen LogP contribution is 2.24. The van der Waals surface area contributed by atoms with Gasteiger partial charge in [-0.3, -0.25) is 9.48 Å². The predicted octanol–water partition coefficient (Wildman–Crippen LogP) is 0.662. The van der Waals surface area contributed by atoms with Crippen LogP contribution < -0.4 is 0 Å². The van der Waals surface area contributed by atoms with Crippen LogP contribution in [-0.2, 0) is 13.0 Å². The Balaban J connectivity index is 2.40. The molecule has 1 aliphatic carbocycles. The highest BCUT2D eigenvalue weighted by Gasteiger charge is 2.29. The Morgan fingerprint density at radius 3 is 2.78 bits per heavy atom. The summed E-state index contributed by atoms with van der Waals surface area (Å²) in [5, 5.41) is 13.2. The summed E-state index contributed by atoms with van der Waals surface area (Å²) in [5.74, 6) is -1.04. The molecule has 2 rings (SSSR count). The minimum Gasteiger partial charge on any atom is -0.476 e. The Labute approximate surface area is 105 Å². The van der Waals surface area contributed by atoms with Crippen molar-refractivity contribution in [1.29, 1.82) is 0 Å². The van der Waals surface area contributed by atoms with Crippen LogP contribution in [0.5, 0.6) is 0 Å². The molecule has 6 heteroatoms. The van der Waals surface area contributed by atoms with Gasteiger partial charge in [-0.2, -0.15) is 5.10 Å². The first-order chi connectivity index (χ1) is 8.50. The van der Waals surface area contributed by atoms with E-state index >= 15 is 0 Å². The lowest BCUT2D eigenvalue weighted by atomic mass is 9.94. The second kappa shape index (κ2) is 4.89. The molecule has 0 aliphatic heterocycles. The van der Waals surface area contributed by atoms with Crippen LogP contribution >= 0.6 is 0 Å². The average molecular weight is 251 g/mol. The lowest BCUT2D eigenvalue weighted by Crippen LogP contribution is -2.22. The maximum Gasteiger partial charge on any atom is 0.356 e. The summed E-state index contributed by atoms with van der Waals surface area (Å²) in [4.78, 5) is 25.0. The summed E-state index contributed by atoms with van der Waals surface area (Å²) in [5.41, 5.74) is 1.15. The summed E-state index contributed by atoms with van der Waals surface area (Å²) in [6.07, 6.45) is 1.83. The molecule has 1 aromatic rings. The zero-order valence-electron chi connectivity index (χ0n) is 10.6. The van der Waals surface area contributed by atoms with Gasteiger partial charge in [-0.25, -0.2) is 4.79 Å². The maximum absolute atomic E-state index is 11.9. The number of carboxylic acid groups (broad SMARTS) is 1. The number of fused-ring (bicyclic) bond motifs is 1. The molecule has 0 atom stereocenters. The molecule has 1 heterocycles. The van der Waals surface area contributed by atoms with Crippen molar-refractivity contribution in [2.45, 2.75) is 25.8 Å². The maximum atomic E-state index is 11.9. The van der Waals surface area contributed by atoms with Crippen LogP contribution in [0.15, 0.2) is 0 Å². The van der Waals surface area contributed by atoms with E-state index in [0.717, 1.165) is 6.54 Å². The summed E-state index contributed by atoms with van der Waals surface area (Å²) in [6.45, 7) is 1.26. The quantitative estimate of drug-likeness (QED) is 0.850. The van der Waals surface area contributed by atoms with E-state index in [-0.39, 0.29) is 11.5 Å². The Morgan fingerprint density at radius 1 is 1.44 bits per heavy atom. The van der Waals surface area contributed by atoms with Crippen molar-refractivity contribution < 1.29 is 14.7 Å². The third-order valence-corrected chi connectivity index (χ3v) is 3.11. The van der Waals surface area contributed by atoms with Gasteiger partial charge in [-0.1, -0.05) is 0 Å². The molecule has 0 radical (unpaired) electrons. The molecule has 0 bridgehead atoms. The standard InChI is InChI=1S/C12H17N3O3/c1-14(2)6-7-15-11-8(4-3-5-9(11)16)10(13-15)12(17)18/h3-7H2,1-2H3,(H,17,18). The van der Waals surface area contributed by atoms with E-state index in [1.807, 2.05) is 19.0 Å². The zero-order valence-corrected chi connectivity index (χ0v) is 10.6. The molecular weight excluding hydrogens is 234 g/mol. The molecular formula is C12H17N3O3. The van der Waals surface area contributed by atoms with Crippen LogP contribution in [0.2, 0.25) is 0 Å². The first-order valence-corrected chi connectivity index (χ1v) is 6.01. The Morgan fingerprint density at radius 2 is 2.17 bits per heavy atom. The first-order valence-electron chi connectivity index (χ1n) is 6.01. The van der Waals surface area contributed by atoms with Gasteiger partial charge in [-0.15, -0.1) is 0 Å². The van der Waals surface area contributed by atoms with Crippen LogP contribution in [-0.4, -0.2) is 52.2 Å². The number of aromatic nitrogens is 2. The first kappa shape index (κ1) is 12.8. The van der Waals surface area contributed by atoms with Crippen LogP contribution in [0.3, 0.4) is 0 Å². The third-order valence-electron chi connectivity index (χ3n) is 3.11. The zero-order chi connectivity index (χ0) is 13.3. The fourth-order valence-corrected chi connectivity index (χ4v) is 2.22. The monoisotopic (exact) mass is 251 g/mol. The Hall–Kier alpha value is -1.69. The number of hydrogen-bond acceptors (Lipinski definition) is 4. The van der Waals surface area contributed by atoms with Gasteiger partial charge in [0, 0.05) is 18.5 Å². The molecule has 6 nitrogen and oxygen atoms in total. The minimum atomic E-state index is -1.05. The number of likely N-dealkylation sites (N-methyl/N-ethyl adjacent to an activating group) is 1. The molecule has 0 amide bonds. The van der Waals surface area contributed by atoms with E-state index in [0.29, 0.717) is 37.1 Å². The van der Waals surface area contributed by atoms with Crippen LogP contribution in [0.1, 0.15) is 39.4 Å². The molecule has 18 heavy (non-hydrogen) atoms. The second-order valence-corrected chi connectivity index (χ2v) is 4.78. The summed E-state index contributed by atoms with van der Waals surface area (Å²) in [6, 6.07) is 0. The number of rotatable bonds is 4. The van der Waals surface area contributed by atoms with Crippen LogP contribution in [0.25, 0.3) is 0 Å². The summed E-state index contributed by atoms with van der Waals surface area (Å²) in [7, 11) is 3.85. The van der Waals surface area contributed by atoms with Crippen LogP contribution in [0.4, 0.5) is 0 Å². The molecule has 1 N–H and O–H groups in total. The van der Waals surface area contributed by atoms with E-state index in [1.54, 1.807) is 4.68 Å². The lowest BCUT2D eigenvalue weighted by molar-refractivity contribution is 0.0688. The van der Waals surface area contributed by atoms with E-state index < -0.39 is 5.97 Å². The number of aromatic carboxylic acids is 1. The molecule has 0 saturated carbocycles. The number of ketones is 1. The third kappa shape index (κ3) is 2.28. The van der Waals surface area contributed by atoms with Crippen molar-refractivity contribution in [2.75, 3.05) is 20.6 Å². The molecule has 1 aromatic heterocycles. The SMILES string of the molecule is CN(C)CCn1nc(C(=O)O)c2c1C(=O)CCC2. The van der Waals surface area contributed by atoms with Gasteiger partial charge in [0.15, 0.2) is 11.5 Å². The Kier molecular flexibility index (Phi) is 3.47. The number of Topliss-reactive ketones (excluding diaryl/α,β-unsaturated/α-hetero) is 1. The molecule has 1 aliphatic rings. The van der Waals surface area contributed by atoms with Gasteiger partial charge in [0.05, 0.1) is 6.54 Å². The predicted molar refractivity (Wildman–Crippen MR) is 65.0 cm³/mol.